The molecule has 0 heteroatoms. The van der Waals surface area contributed by atoms with Gasteiger partial charge in [0.25, 0.3) is 0 Å². The van der Waals surface area contributed by atoms with E-state index in [0.717, 1.165) is 0 Å². The maximum atomic E-state index is 2.38. The van der Waals surface area contributed by atoms with Crippen LogP contribution in [0.1, 0.15) is 150 Å². The SMILES string of the molecule is CC(C)(C)c1ccc2c(c1)-c1cc(C(C)(C)C)ccc1-2.CC(C)(C)c1ccc2c(c1)-c1ccc(C(C)(C)C)cc1-2.Cc1cc2c(cc1C)-c1cc(C)c(C)cc1-2.Cc1ccc2c(c1)-c1cc(C)ccc1-2.Cc1ccc2c(c1)-c1ccc(C)cc1-2. The largest absolute Gasteiger partial charge is 0.0587 e. The standard InChI is InChI=1S/2C20H24.C16H16.2C14H12/c1-19(2,3)13-7-9-15-17(11-13)16-10-8-14(12-18(15)16)20(4,5)6;1-19(2,3)13-7-9-15-16-10-8-14(20(4,5)6)12-18(16)17(15)11-13;1-9-5-13-14(6-10(9)2)16-8-12(4)11(3)7-15(13)16;1-9-3-5-11-13(7-9)12-6-4-10(2)8-14(11)12;1-9-3-5-11-12-6-4-10(2)8-14(12)13(11)7-9/h2*7-12H,1-6H3;5-8H,1-4H3;2*3-8H,1-2H3. The van der Waals surface area contributed by atoms with Crippen molar-refractivity contribution in [1.82, 2.24) is 0 Å². The molecule has 0 aromatic heterocycles. The Hall–Kier alpha value is -7.80. The van der Waals surface area contributed by atoms with Gasteiger partial charge in [0.1, 0.15) is 0 Å². The second-order valence-corrected chi connectivity index (χ2v) is 29.2. The van der Waals surface area contributed by atoms with Gasteiger partial charge in [-0.05, 0) is 257 Å². The van der Waals surface area contributed by atoms with Crippen LogP contribution >= 0.6 is 0 Å². The minimum absolute atomic E-state index is 0.215. The van der Waals surface area contributed by atoms with Crippen molar-refractivity contribution >= 4 is 0 Å². The zero-order valence-electron chi connectivity index (χ0n) is 54.2. The minimum atomic E-state index is 0.215. The molecule has 15 rings (SSSR count). The lowest BCUT2D eigenvalue weighted by Crippen LogP contribution is -2.14. The molecule has 0 amide bonds. The number of hydrogen-bond acceptors (Lipinski definition) is 0. The van der Waals surface area contributed by atoms with Crippen LogP contribution in [0, 0.1) is 55.4 Å². The van der Waals surface area contributed by atoms with Crippen LogP contribution < -0.4 is 0 Å². The molecule has 0 atom stereocenters. The highest BCUT2D eigenvalue weighted by Crippen LogP contribution is 2.53. The molecule has 84 heavy (non-hydrogen) atoms. The molecule has 0 nitrogen and oxygen atoms in total. The topological polar surface area (TPSA) is 0 Å². The van der Waals surface area contributed by atoms with E-state index in [4.69, 9.17) is 0 Å². The fourth-order valence-electron chi connectivity index (χ4n) is 12.5. The van der Waals surface area contributed by atoms with Crippen LogP contribution in [0.4, 0.5) is 0 Å². The summed E-state index contributed by atoms with van der Waals surface area (Å²) >= 11 is 0. The van der Waals surface area contributed by atoms with Gasteiger partial charge in [-0.2, -0.15) is 0 Å². The van der Waals surface area contributed by atoms with Crippen molar-refractivity contribution in [3.05, 3.63) is 237 Å². The van der Waals surface area contributed by atoms with Gasteiger partial charge in [0.15, 0.2) is 0 Å². The highest BCUT2D eigenvalue weighted by atomic mass is 14.3. The van der Waals surface area contributed by atoms with E-state index in [9.17, 15) is 0 Å². The molecule has 0 spiro atoms. The summed E-state index contributed by atoms with van der Waals surface area (Å²) in [6.45, 7) is 44.7. The zero-order chi connectivity index (χ0) is 60.3. The summed E-state index contributed by atoms with van der Waals surface area (Å²) in [7, 11) is 0. The molecule has 0 fully saturated rings. The van der Waals surface area contributed by atoms with Gasteiger partial charge in [-0.1, -0.05) is 251 Å². The van der Waals surface area contributed by atoms with E-state index in [1.807, 2.05) is 0 Å². The predicted octanol–water partition coefficient (Wildman–Crippen LogP) is 24.3. The maximum absolute atomic E-state index is 2.38. The summed E-state index contributed by atoms with van der Waals surface area (Å²) in [5, 5.41) is 0. The monoisotopic (exact) mass is 1100 g/mol. The van der Waals surface area contributed by atoms with Crippen LogP contribution in [0.25, 0.3) is 111 Å². The molecule has 0 radical (unpaired) electrons. The van der Waals surface area contributed by atoms with Gasteiger partial charge < -0.3 is 0 Å². The fraction of sp³-hybridized carbons (Fsp3) is 0.286. The van der Waals surface area contributed by atoms with E-state index in [1.54, 1.807) is 0 Å². The van der Waals surface area contributed by atoms with Crippen LogP contribution in [-0.2, 0) is 21.7 Å². The van der Waals surface area contributed by atoms with E-state index >= 15 is 0 Å². The number of hydrogen-bond donors (Lipinski definition) is 0. The van der Waals surface area contributed by atoms with Crippen molar-refractivity contribution in [1.29, 1.82) is 0 Å². The minimum Gasteiger partial charge on any atom is -0.0587 e. The molecule has 10 aromatic rings. The quantitative estimate of drug-likeness (QED) is 0.142. The smallest absolute Gasteiger partial charge is 0.00959 e. The first-order valence-corrected chi connectivity index (χ1v) is 30.7. The first-order valence-electron chi connectivity index (χ1n) is 30.7. The first-order chi connectivity index (χ1) is 39.4. The van der Waals surface area contributed by atoms with Crippen molar-refractivity contribution in [2.75, 3.05) is 0 Å². The number of rotatable bonds is 0. The van der Waals surface area contributed by atoms with Gasteiger partial charge in [-0.25, -0.2) is 0 Å². The van der Waals surface area contributed by atoms with E-state index in [2.05, 4.69) is 308 Å². The second-order valence-electron chi connectivity index (χ2n) is 29.2. The number of aryl methyl sites for hydroxylation is 8. The lowest BCUT2D eigenvalue weighted by atomic mass is 9.74. The normalized spacial score (nSPS) is 12.5. The summed E-state index contributed by atoms with van der Waals surface area (Å²) in [6, 6.07) is 63.8. The van der Waals surface area contributed by atoms with Crippen LogP contribution in [0.15, 0.2) is 170 Å². The second kappa shape index (κ2) is 21.1. The lowest BCUT2D eigenvalue weighted by Gasteiger charge is -2.30. The molecule has 0 heterocycles. The van der Waals surface area contributed by atoms with E-state index in [0.29, 0.717) is 0 Å². The molecule has 0 bridgehead atoms. The van der Waals surface area contributed by atoms with Gasteiger partial charge in [-0.3, -0.25) is 0 Å². The molecule has 424 valence electrons. The predicted molar refractivity (Wildman–Crippen MR) is 367 cm³/mol. The third kappa shape index (κ3) is 10.8. The number of benzene rings is 10. The van der Waals surface area contributed by atoms with Gasteiger partial charge >= 0.3 is 0 Å². The summed E-state index contributed by atoms with van der Waals surface area (Å²) in [5.41, 5.74) is 45.9. The Labute approximate surface area is 505 Å². The lowest BCUT2D eigenvalue weighted by molar-refractivity contribution is 0.589. The van der Waals surface area contributed by atoms with Gasteiger partial charge in [0.05, 0.1) is 0 Å². The molecule has 0 unspecified atom stereocenters. The molecule has 5 aliphatic rings. The summed E-state index contributed by atoms with van der Waals surface area (Å²) in [5.74, 6) is 0. The van der Waals surface area contributed by atoms with Crippen LogP contribution in [-0.4, -0.2) is 0 Å². The van der Waals surface area contributed by atoms with Crippen LogP contribution in [0.2, 0.25) is 0 Å². The third-order valence-corrected chi connectivity index (χ3v) is 18.4. The molecule has 0 N–H and O–H groups in total. The van der Waals surface area contributed by atoms with Gasteiger partial charge in [-0.15, -0.1) is 0 Å². The summed E-state index contributed by atoms with van der Waals surface area (Å²) in [4.78, 5) is 0. The Kier molecular flexibility index (Phi) is 14.5. The van der Waals surface area contributed by atoms with Crippen molar-refractivity contribution in [3.63, 3.8) is 0 Å². The van der Waals surface area contributed by atoms with E-state index < -0.39 is 0 Å². The Morgan fingerprint density at radius 2 is 0.298 bits per heavy atom. The van der Waals surface area contributed by atoms with Crippen molar-refractivity contribution in [2.24, 2.45) is 0 Å². The fourth-order valence-corrected chi connectivity index (χ4v) is 12.5. The van der Waals surface area contributed by atoms with E-state index in [-0.39, 0.29) is 21.7 Å². The number of fused-ring (bicyclic) bond motifs is 20. The van der Waals surface area contributed by atoms with Crippen LogP contribution in [0.3, 0.4) is 0 Å². The Bertz CT molecular complexity index is 3910. The average Bonchev–Trinajstić information content (AvgIpc) is 1.02. The molecule has 5 aliphatic carbocycles. The molecule has 0 saturated heterocycles. The van der Waals surface area contributed by atoms with Crippen molar-refractivity contribution in [3.8, 4) is 111 Å². The summed E-state index contributed by atoms with van der Waals surface area (Å²) in [6.07, 6.45) is 0. The Balaban J connectivity index is 0.000000110. The average molecular weight is 1100 g/mol. The Morgan fingerprint density at radius 1 is 0.155 bits per heavy atom. The maximum Gasteiger partial charge on any atom is -0.00959 e. The molecule has 0 aliphatic heterocycles. The third-order valence-electron chi connectivity index (χ3n) is 18.4. The summed E-state index contributed by atoms with van der Waals surface area (Å²) < 4.78 is 0. The van der Waals surface area contributed by atoms with Gasteiger partial charge in [0, 0.05) is 0 Å². The zero-order valence-corrected chi connectivity index (χ0v) is 54.2. The van der Waals surface area contributed by atoms with Crippen molar-refractivity contribution in [2.45, 2.75) is 160 Å². The van der Waals surface area contributed by atoms with Crippen molar-refractivity contribution < 1.29 is 0 Å². The highest BCUT2D eigenvalue weighted by Gasteiger charge is 2.30. The van der Waals surface area contributed by atoms with Gasteiger partial charge in [0.2, 0.25) is 0 Å². The first kappa shape index (κ1) is 58.0. The highest BCUT2D eigenvalue weighted by molar-refractivity contribution is 6.06. The molecular weight excluding hydrogens is 1010 g/mol. The van der Waals surface area contributed by atoms with E-state index in [1.165, 1.54) is 178 Å². The molecule has 0 saturated carbocycles. The molecular formula is C84H88. The van der Waals surface area contributed by atoms with Crippen LogP contribution in [0.5, 0.6) is 0 Å². The molecule has 10 aromatic carbocycles. The Morgan fingerprint density at radius 3 is 0.500 bits per heavy atom.